The van der Waals surface area contributed by atoms with Crippen molar-refractivity contribution in [1.82, 2.24) is 0 Å². The molecular formula is C20H26O2. The zero-order valence-corrected chi connectivity index (χ0v) is 13.9. The fourth-order valence-corrected chi connectivity index (χ4v) is 5.83. The van der Waals surface area contributed by atoms with Gasteiger partial charge in [0.15, 0.2) is 0 Å². The molecule has 0 heterocycles. The Kier molecular flexibility index (Phi) is 2.70. The third-order valence-corrected chi connectivity index (χ3v) is 7.58. The lowest BCUT2D eigenvalue weighted by atomic mass is 9.47. The summed E-state index contributed by atoms with van der Waals surface area (Å²) < 4.78 is 0. The number of aliphatic hydroxyl groups excluding tert-OH is 1. The third-order valence-electron chi connectivity index (χ3n) is 7.58. The van der Waals surface area contributed by atoms with Gasteiger partial charge in [-0.1, -0.05) is 38.5 Å². The van der Waals surface area contributed by atoms with Crippen LogP contribution in [0.25, 0.3) is 0 Å². The van der Waals surface area contributed by atoms with Crippen LogP contribution in [-0.2, 0) is 4.79 Å². The largest absolute Gasteiger partial charge is 0.508 e. The Bertz CT molecular complexity index is 640. The minimum absolute atomic E-state index is 0.00940. The van der Waals surface area contributed by atoms with Crippen LogP contribution in [0.2, 0.25) is 0 Å². The number of hydrogen-bond acceptors (Lipinski definition) is 2. The second kappa shape index (κ2) is 4.15. The number of ketones is 1. The lowest BCUT2D eigenvalue weighted by Gasteiger charge is -2.57. The number of allylic oxidation sites excluding steroid dienone is 5. The van der Waals surface area contributed by atoms with Crippen molar-refractivity contribution in [1.29, 1.82) is 0 Å². The van der Waals surface area contributed by atoms with Gasteiger partial charge in [0.1, 0.15) is 11.5 Å². The number of carbonyl (C=O) groups is 1. The number of rotatable bonds is 0. The summed E-state index contributed by atoms with van der Waals surface area (Å²) in [4.78, 5) is 12.4. The Labute approximate surface area is 133 Å². The van der Waals surface area contributed by atoms with Crippen molar-refractivity contribution in [2.45, 2.75) is 52.9 Å². The normalized spacial score (nSPS) is 49.9. The Hall–Kier alpha value is -1.31. The maximum atomic E-state index is 12.4. The third kappa shape index (κ3) is 1.54. The lowest BCUT2D eigenvalue weighted by Crippen LogP contribution is -2.49. The molecule has 0 bridgehead atoms. The molecule has 2 nitrogen and oxygen atoms in total. The summed E-state index contributed by atoms with van der Waals surface area (Å²) >= 11 is 0. The second-order valence-corrected chi connectivity index (χ2v) is 8.52. The summed E-state index contributed by atoms with van der Waals surface area (Å²) in [7, 11) is 0. The second-order valence-electron chi connectivity index (χ2n) is 8.52. The highest BCUT2D eigenvalue weighted by molar-refractivity contribution is 5.87. The standard InChI is InChI=1S/C20H26O2/c1-18-9-7-14-15-4-5-17(22)19(15,2)10-8-16(14)20(18,3)11-6-13(21)12-18/h6,8,11-12,14-15,21H,4-5,7,9-10H2,1-3H3/t14?,15?,18?,19-,20+/m0/s1. The molecule has 22 heavy (non-hydrogen) atoms. The summed E-state index contributed by atoms with van der Waals surface area (Å²) in [6, 6.07) is 0. The van der Waals surface area contributed by atoms with Gasteiger partial charge in [-0.05, 0) is 49.7 Å². The van der Waals surface area contributed by atoms with Crippen molar-refractivity contribution in [3.8, 4) is 0 Å². The first-order valence-corrected chi connectivity index (χ1v) is 8.65. The molecule has 4 aliphatic rings. The van der Waals surface area contributed by atoms with Crippen LogP contribution >= 0.6 is 0 Å². The molecule has 2 saturated carbocycles. The van der Waals surface area contributed by atoms with E-state index in [1.54, 1.807) is 0 Å². The molecule has 0 saturated heterocycles. The van der Waals surface area contributed by atoms with Crippen molar-refractivity contribution >= 4 is 5.78 Å². The van der Waals surface area contributed by atoms with Crippen molar-refractivity contribution in [2.75, 3.05) is 0 Å². The Balaban J connectivity index is 1.81. The van der Waals surface area contributed by atoms with E-state index in [2.05, 4.69) is 39.0 Å². The number of carbonyl (C=O) groups excluding carboxylic acids is 1. The molecule has 0 aliphatic heterocycles. The highest BCUT2D eigenvalue weighted by Crippen LogP contribution is 2.65. The van der Waals surface area contributed by atoms with Gasteiger partial charge in [0.2, 0.25) is 0 Å². The van der Waals surface area contributed by atoms with E-state index >= 15 is 0 Å². The van der Waals surface area contributed by atoms with Crippen LogP contribution in [0.15, 0.2) is 35.6 Å². The zero-order valence-electron chi connectivity index (χ0n) is 13.9. The molecule has 1 N–H and O–H groups in total. The maximum absolute atomic E-state index is 12.4. The highest BCUT2D eigenvalue weighted by atomic mass is 16.3. The van der Waals surface area contributed by atoms with Gasteiger partial charge in [-0.25, -0.2) is 0 Å². The van der Waals surface area contributed by atoms with E-state index in [1.807, 2.05) is 6.08 Å². The molecule has 3 unspecified atom stereocenters. The van der Waals surface area contributed by atoms with Crippen molar-refractivity contribution < 1.29 is 9.90 Å². The van der Waals surface area contributed by atoms with Crippen LogP contribution in [0.5, 0.6) is 0 Å². The quantitative estimate of drug-likeness (QED) is 0.656. The van der Waals surface area contributed by atoms with Crippen LogP contribution in [0, 0.1) is 28.1 Å². The van der Waals surface area contributed by atoms with Gasteiger partial charge < -0.3 is 5.11 Å². The Morgan fingerprint density at radius 3 is 2.77 bits per heavy atom. The molecular weight excluding hydrogens is 272 g/mol. The summed E-state index contributed by atoms with van der Waals surface area (Å²) in [6.45, 7) is 6.79. The Morgan fingerprint density at radius 1 is 1.23 bits per heavy atom. The molecule has 0 amide bonds. The zero-order chi connectivity index (χ0) is 15.8. The van der Waals surface area contributed by atoms with E-state index in [1.165, 1.54) is 5.57 Å². The predicted molar refractivity (Wildman–Crippen MR) is 87.3 cm³/mol. The molecule has 0 aromatic carbocycles. The molecule has 118 valence electrons. The van der Waals surface area contributed by atoms with E-state index in [9.17, 15) is 9.90 Å². The molecule has 5 atom stereocenters. The first-order valence-electron chi connectivity index (χ1n) is 8.65. The van der Waals surface area contributed by atoms with Gasteiger partial charge in [-0.2, -0.15) is 0 Å². The average molecular weight is 298 g/mol. The van der Waals surface area contributed by atoms with Crippen LogP contribution in [0.3, 0.4) is 0 Å². The van der Waals surface area contributed by atoms with E-state index in [4.69, 9.17) is 0 Å². The number of aliphatic hydroxyl groups is 1. The monoisotopic (exact) mass is 298 g/mol. The first-order chi connectivity index (χ1) is 10.3. The van der Waals surface area contributed by atoms with Gasteiger partial charge >= 0.3 is 0 Å². The molecule has 0 aromatic rings. The SMILES string of the molecule is CC12C=C(O)C=C[C@]1(C)C1=CC[C@]3(C)C(=O)CCC3C1CC2. The van der Waals surface area contributed by atoms with E-state index < -0.39 is 0 Å². The molecule has 4 aliphatic carbocycles. The summed E-state index contributed by atoms with van der Waals surface area (Å²) in [5, 5.41) is 9.96. The van der Waals surface area contributed by atoms with Crippen LogP contribution in [0.1, 0.15) is 52.9 Å². The molecule has 2 heteroatoms. The summed E-state index contributed by atoms with van der Waals surface area (Å²) in [6.07, 6.45) is 13.5. The van der Waals surface area contributed by atoms with Gasteiger partial charge in [-0.15, -0.1) is 0 Å². The molecule has 0 radical (unpaired) electrons. The average Bonchev–Trinajstić information content (AvgIpc) is 2.76. The minimum Gasteiger partial charge on any atom is -0.508 e. The van der Waals surface area contributed by atoms with Crippen molar-refractivity contribution in [3.63, 3.8) is 0 Å². The van der Waals surface area contributed by atoms with E-state index in [0.29, 0.717) is 23.4 Å². The fraction of sp³-hybridized carbons (Fsp3) is 0.650. The van der Waals surface area contributed by atoms with Crippen molar-refractivity contribution in [2.24, 2.45) is 28.1 Å². The van der Waals surface area contributed by atoms with Gasteiger partial charge in [0.25, 0.3) is 0 Å². The molecule has 0 spiro atoms. The molecule has 0 aromatic heterocycles. The van der Waals surface area contributed by atoms with Gasteiger partial charge in [0, 0.05) is 22.7 Å². The van der Waals surface area contributed by atoms with Crippen LogP contribution in [0.4, 0.5) is 0 Å². The van der Waals surface area contributed by atoms with Crippen molar-refractivity contribution in [3.05, 3.63) is 35.6 Å². The topological polar surface area (TPSA) is 37.3 Å². The first kappa shape index (κ1) is 14.3. The van der Waals surface area contributed by atoms with Gasteiger partial charge in [-0.3, -0.25) is 4.79 Å². The summed E-state index contributed by atoms with van der Waals surface area (Å²) in [5.41, 5.74) is 1.38. The number of fused-ring (bicyclic) bond motifs is 5. The maximum Gasteiger partial charge on any atom is 0.139 e. The van der Waals surface area contributed by atoms with E-state index in [0.717, 1.165) is 32.1 Å². The van der Waals surface area contributed by atoms with Gasteiger partial charge in [0.05, 0.1) is 0 Å². The summed E-state index contributed by atoms with van der Waals surface area (Å²) in [5.74, 6) is 1.94. The smallest absolute Gasteiger partial charge is 0.139 e. The number of Topliss-reactive ketones (excluding diaryl/α,β-unsaturated/α-hetero) is 1. The predicted octanol–water partition coefficient (Wildman–Crippen LogP) is 4.74. The lowest BCUT2D eigenvalue weighted by molar-refractivity contribution is -0.127. The van der Waals surface area contributed by atoms with Crippen LogP contribution < -0.4 is 0 Å². The van der Waals surface area contributed by atoms with E-state index in [-0.39, 0.29) is 16.2 Å². The Morgan fingerprint density at radius 2 is 2.00 bits per heavy atom. The highest BCUT2D eigenvalue weighted by Gasteiger charge is 2.58. The molecule has 4 rings (SSSR count). The number of hydrogen-bond donors (Lipinski definition) is 1. The molecule has 2 fully saturated rings. The fourth-order valence-electron chi connectivity index (χ4n) is 5.83. The minimum atomic E-state index is -0.116. The van der Waals surface area contributed by atoms with Crippen LogP contribution in [-0.4, -0.2) is 10.9 Å².